The maximum Gasteiger partial charge on any atom is 0.235 e. The molecule has 0 spiro atoms. The summed E-state index contributed by atoms with van der Waals surface area (Å²) >= 11 is 0. The van der Waals surface area contributed by atoms with E-state index in [1.807, 2.05) is 30.5 Å². The molecule has 0 aliphatic carbocycles. The zero-order valence-corrected chi connectivity index (χ0v) is 11.2. The molecular weight excluding hydrogens is 248 g/mol. The molecule has 2 aromatic rings. The first-order valence-corrected chi connectivity index (χ1v) is 7.82. The van der Waals surface area contributed by atoms with Crippen LogP contribution in [0.4, 0.5) is 5.69 Å². The van der Waals surface area contributed by atoms with Crippen molar-refractivity contribution in [3.63, 3.8) is 0 Å². The van der Waals surface area contributed by atoms with Gasteiger partial charge in [-0.2, -0.15) is 0 Å². The molecule has 0 atom stereocenters. The van der Waals surface area contributed by atoms with Crippen molar-refractivity contribution in [3.05, 3.63) is 30.5 Å². The first-order valence-electron chi connectivity index (χ1n) is 6.22. The molecule has 1 aliphatic heterocycles. The molecular formula is C13H16N2O2S. The highest BCUT2D eigenvalue weighted by Gasteiger charge is 2.29. The summed E-state index contributed by atoms with van der Waals surface area (Å²) in [6, 6.07) is 7.86. The molecule has 1 aromatic heterocycles. The molecule has 3 rings (SSSR count). The molecule has 0 saturated carbocycles. The summed E-state index contributed by atoms with van der Waals surface area (Å²) in [5.74, 6) is 0.262. The summed E-state index contributed by atoms with van der Waals surface area (Å²) in [5, 5.41) is 1.02. The van der Waals surface area contributed by atoms with Gasteiger partial charge in [-0.15, -0.1) is 0 Å². The molecule has 4 nitrogen and oxygen atoms in total. The van der Waals surface area contributed by atoms with Crippen molar-refractivity contribution in [3.8, 4) is 0 Å². The van der Waals surface area contributed by atoms with Crippen LogP contribution in [-0.4, -0.2) is 25.3 Å². The number of hydrogen-bond acceptors (Lipinski definition) is 2. The molecule has 0 bridgehead atoms. The normalized spacial score (nSPS) is 18.6. The number of benzene rings is 1. The first-order chi connectivity index (χ1) is 8.63. The highest BCUT2D eigenvalue weighted by molar-refractivity contribution is 7.93. The van der Waals surface area contributed by atoms with Crippen LogP contribution in [0.2, 0.25) is 0 Å². The SMILES string of the molecule is CCn1ccc2c(N3CCCS3(=O)=O)cccc21. The summed E-state index contributed by atoms with van der Waals surface area (Å²) in [7, 11) is -3.10. The molecule has 0 radical (unpaired) electrons. The van der Waals surface area contributed by atoms with Gasteiger partial charge < -0.3 is 4.57 Å². The van der Waals surface area contributed by atoms with E-state index in [0.717, 1.165) is 23.1 Å². The summed E-state index contributed by atoms with van der Waals surface area (Å²) in [4.78, 5) is 0. The molecule has 1 fully saturated rings. The van der Waals surface area contributed by atoms with Gasteiger partial charge in [0.1, 0.15) is 0 Å². The van der Waals surface area contributed by atoms with Gasteiger partial charge in [-0.3, -0.25) is 4.31 Å². The van der Waals surface area contributed by atoms with Crippen LogP contribution >= 0.6 is 0 Å². The fraction of sp³-hybridized carbons (Fsp3) is 0.385. The number of anilines is 1. The molecule has 1 aliphatic rings. The van der Waals surface area contributed by atoms with Crippen molar-refractivity contribution in [1.29, 1.82) is 0 Å². The fourth-order valence-electron chi connectivity index (χ4n) is 2.61. The van der Waals surface area contributed by atoms with Crippen LogP contribution < -0.4 is 4.31 Å². The van der Waals surface area contributed by atoms with E-state index >= 15 is 0 Å². The van der Waals surface area contributed by atoms with Crippen LogP contribution in [0, 0.1) is 0 Å². The van der Waals surface area contributed by atoms with Crippen molar-refractivity contribution in [2.24, 2.45) is 0 Å². The average Bonchev–Trinajstić information content (AvgIpc) is 2.91. The Bertz CT molecular complexity index is 688. The summed E-state index contributed by atoms with van der Waals surface area (Å²) in [6.07, 6.45) is 2.73. The number of hydrogen-bond donors (Lipinski definition) is 0. The van der Waals surface area contributed by atoms with E-state index in [1.54, 1.807) is 4.31 Å². The number of aromatic nitrogens is 1. The Morgan fingerprint density at radius 1 is 1.28 bits per heavy atom. The highest BCUT2D eigenvalue weighted by Crippen LogP contribution is 2.32. The summed E-state index contributed by atoms with van der Waals surface area (Å²) in [6.45, 7) is 3.57. The van der Waals surface area contributed by atoms with Crippen molar-refractivity contribution in [2.45, 2.75) is 19.9 Å². The van der Waals surface area contributed by atoms with Crippen molar-refractivity contribution in [2.75, 3.05) is 16.6 Å². The second-order valence-electron chi connectivity index (χ2n) is 4.55. The third-order valence-electron chi connectivity index (χ3n) is 3.50. The van der Waals surface area contributed by atoms with Gasteiger partial charge in [-0.1, -0.05) is 6.07 Å². The first kappa shape index (κ1) is 11.6. The standard InChI is InChI=1S/C13H16N2O2S/c1-2-14-9-7-11-12(14)5-3-6-13(11)15-8-4-10-18(15,16)17/h3,5-7,9H,2,4,8,10H2,1H3. The Labute approximate surface area is 107 Å². The van der Waals surface area contributed by atoms with Crippen LogP contribution in [0.3, 0.4) is 0 Å². The minimum absolute atomic E-state index is 0.262. The predicted octanol–water partition coefficient (Wildman–Crippen LogP) is 2.20. The van der Waals surface area contributed by atoms with E-state index in [9.17, 15) is 8.42 Å². The summed E-state index contributed by atoms with van der Waals surface area (Å²) < 4.78 is 27.7. The lowest BCUT2D eigenvalue weighted by Gasteiger charge is -2.18. The lowest BCUT2D eigenvalue weighted by molar-refractivity contribution is 0.599. The quantitative estimate of drug-likeness (QED) is 0.834. The zero-order chi connectivity index (χ0) is 12.8. The molecule has 96 valence electrons. The van der Waals surface area contributed by atoms with Crippen molar-refractivity contribution in [1.82, 2.24) is 4.57 Å². The minimum atomic E-state index is -3.10. The molecule has 0 amide bonds. The second kappa shape index (κ2) is 4.02. The summed E-state index contributed by atoms with van der Waals surface area (Å²) in [5.41, 5.74) is 1.91. The van der Waals surface area contributed by atoms with Gasteiger partial charge in [-0.25, -0.2) is 8.42 Å². The van der Waals surface area contributed by atoms with E-state index in [1.165, 1.54) is 0 Å². The van der Waals surface area contributed by atoms with Crippen LogP contribution in [0.5, 0.6) is 0 Å². The van der Waals surface area contributed by atoms with E-state index in [0.29, 0.717) is 13.0 Å². The smallest absolute Gasteiger partial charge is 0.235 e. The Morgan fingerprint density at radius 3 is 2.78 bits per heavy atom. The number of aryl methyl sites for hydroxylation is 1. The van der Waals surface area contributed by atoms with Gasteiger partial charge in [0.25, 0.3) is 0 Å². The largest absolute Gasteiger partial charge is 0.348 e. The highest BCUT2D eigenvalue weighted by atomic mass is 32.2. The van der Waals surface area contributed by atoms with Gasteiger partial charge in [0.05, 0.1) is 17.0 Å². The van der Waals surface area contributed by atoms with Crippen molar-refractivity contribution < 1.29 is 8.42 Å². The minimum Gasteiger partial charge on any atom is -0.348 e. The van der Waals surface area contributed by atoms with Crippen LogP contribution in [0.15, 0.2) is 30.5 Å². The van der Waals surface area contributed by atoms with E-state index in [-0.39, 0.29) is 5.75 Å². The number of nitrogens with zero attached hydrogens (tertiary/aromatic N) is 2. The number of rotatable bonds is 2. The Balaban J connectivity index is 2.21. The molecule has 1 saturated heterocycles. The third kappa shape index (κ3) is 1.61. The van der Waals surface area contributed by atoms with Crippen molar-refractivity contribution >= 4 is 26.6 Å². The number of sulfonamides is 1. The Morgan fingerprint density at radius 2 is 2.11 bits per heavy atom. The molecule has 2 heterocycles. The van der Waals surface area contributed by atoms with Gasteiger partial charge >= 0.3 is 0 Å². The van der Waals surface area contributed by atoms with Crippen LogP contribution in [0.25, 0.3) is 10.9 Å². The maximum atomic E-state index is 12.0. The van der Waals surface area contributed by atoms with E-state index in [4.69, 9.17) is 0 Å². The molecule has 5 heteroatoms. The average molecular weight is 264 g/mol. The third-order valence-corrected chi connectivity index (χ3v) is 5.35. The van der Waals surface area contributed by atoms with Gasteiger partial charge in [0, 0.05) is 24.7 Å². The van der Waals surface area contributed by atoms with E-state index in [2.05, 4.69) is 11.5 Å². The zero-order valence-electron chi connectivity index (χ0n) is 10.3. The van der Waals surface area contributed by atoms with Gasteiger partial charge in [0.2, 0.25) is 10.0 Å². The van der Waals surface area contributed by atoms with Gasteiger partial charge in [0.15, 0.2) is 0 Å². The topological polar surface area (TPSA) is 42.3 Å². The van der Waals surface area contributed by atoms with E-state index < -0.39 is 10.0 Å². The monoisotopic (exact) mass is 264 g/mol. The predicted molar refractivity (Wildman–Crippen MR) is 73.4 cm³/mol. The van der Waals surface area contributed by atoms with Crippen LogP contribution in [0.1, 0.15) is 13.3 Å². The lowest BCUT2D eigenvalue weighted by atomic mass is 10.2. The molecule has 0 unspecified atom stereocenters. The number of fused-ring (bicyclic) bond motifs is 1. The molecule has 18 heavy (non-hydrogen) atoms. The Hall–Kier alpha value is -1.49. The fourth-order valence-corrected chi connectivity index (χ4v) is 4.19. The van der Waals surface area contributed by atoms with Gasteiger partial charge in [-0.05, 0) is 31.5 Å². The lowest BCUT2D eigenvalue weighted by Crippen LogP contribution is -2.25. The van der Waals surface area contributed by atoms with Crippen LogP contribution in [-0.2, 0) is 16.6 Å². The Kier molecular flexibility index (Phi) is 2.59. The second-order valence-corrected chi connectivity index (χ2v) is 6.57. The maximum absolute atomic E-state index is 12.0. The molecule has 1 aromatic carbocycles. The molecule has 0 N–H and O–H groups in total.